The largest absolute Gasteiger partial charge is 0.323 e. The molecule has 0 bridgehead atoms. The molecular weight excluding hydrogens is 220 g/mol. The van der Waals surface area contributed by atoms with Crippen LogP contribution in [-0.4, -0.2) is 24.5 Å². The minimum absolute atomic E-state index is 0.157. The fourth-order valence-corrected chi connectivity index (χ4v) is 2.96. The van der Waals surface area contributed by atoms with E-state index in [2.05, 4.69) is 43.0 Å². The zero-order chi connectivity index (χ0) is 13.0. The summed E-state index contributed by atoms with van der Waals surface area (Å²) in [6.45, 7) is 7.90. The Labute approximate surface area is 111 Å². The van der Waals surface area contributed by atoms with Crippen LogP contribution in [0.15, 0.2) is 24.3 Å². The maximum atomic E-state index is 6.35. The topological polar surface area (TPSA) is 29.3 Å². The summed E-state index contributed by atoms with van der Waals surface area (Å²) in [5.74, 6) is 0.941. The molecule has 100 valence electrons. The van der Waals surface area contributed by atoms with Gasteiger partial charge in [-0.15, -0.1) is 0 Å². The molecule has 0 saturated carbocycles. The first-order chi connectivity index (χ1) is 8.70. The van der Waals surface area contributed by atoms with E-state index in [1.165, 1.54) is 43.5 Å². The molecule has 1 saturated heterocycles. The second-order valence-electron chi connectivity index (χ2n) is 5.62. The summed E-state index contributed by atoms with van der Waals surface area (Å²) >= 11 is 0. The highest BCUT2D eigenvalue weighted by molar-refractivity contribution is 5.28. The van der Waals surface area contributed by atoms with Crippen LogP contribution in [-0.2, 0) is 0 Å². The Kier molecular flexibility index (Phi) is 4.79. The van der Waals surface area contributed by atoms with Gasteiger partial charge < -0.3 is 10.6 Å². The number of nitrogens with two attached hydrogens (primary N) is 1. The lowest BCUT2D eigenvalue weighted by molar-refractivity contribution is 0.173. The lowest BCUT2D eigenvalue weighted by Crippen LogP contribution is -2.38. The number of hydrogen-bond acceptors (Lipinski definition) is 2. The van der Waals surface area contributed by atoms with Gasteiger partial charge in [-0.1, -0.05) is 37.6 Å². The first kappa shape index (κ1) is 13.6. The molecule has 1 atom stereocenters. The van der Waals surface area contributed by atoms with Crippen molar-refractivity contribution < 1.29 is 0 Å². The molecule has 1 aliphatic heterocycles. The fourth-order valence-electron chi connectivity index (χ4n) is 2.96. The fraction of sp³-hybridized carbons (Fsp3) is 0.625. The number of nitrogens with zero attached hydrogens (tertiary/aromatic N) is 1. The highest BCUT2D eigenvalue weighted by Gasteiger charge is 2.20. The van der Waals surface area contributed by atoms with E-state index in [0.717, 1.165) is 12.5 Å². The number of likely N-dealkylation sites (tertiary alicyclic amines) is 1. The Morgan fingerprint density at radius 1 is 1.28 bits per heavy atom. The van der Waals surface area contributed by atoms with Crippen LogP contribution in [0.25, 0.3) is 0 Å². The normalized spacial score (nSPS) is 19.9. The highest BCUT2D eigenvalue weighted by Crippen LogP contribution is 2.22. The number of hydrogen-bond donors (Lipinski definition) is 1. The molecule has 2 nitrogen and oxygen atoms in total. The second kappa shape index (κ2) is 6.35. The average molecular weight is 246 g/mol. The van der Waals surface area contributed by atoms with Gasteiger partial charge in [-0.3, -0.25) is 0 Å². The van der Waals surface area contributed by atoms with Gasteiger partial charge in [0.15, 0.2) is 0 Å². The molecule has 1 fully saturated rings. The van der Waals surface area contributed by atoms with Gasteiger partial charge in [0.25, 0.3) is 0 Å². The van der Waals surface area contributed by atoms with Crippen molar-refractivity contribution >= 4 is 0 Å². The molecule has 1 aliphatic rings. The van der Waals surface area contributed by atoms with Crippen LogP contribution >= 0.6 is 0 Å². The lowest BCUT2D eigenvalue weighted by atomic mass is 9.93. The van der Waals surface area contributed by atoms with Gasteiger partial charge in [0.2, 0.25) is 0 Å². The number of benzene rings is 1. The summed E-state index contributed by atoms with van der Waals surface area (Å²) in [4.78, 5) is 2.53. The smallest absolute Gasteiger partial charge is 0.0426 e. The molecule has 0 spiro atoms. The Morgan fingerprint density at radius 3 is 2.56 bits per heavy atom. The maximum Gasteiger partial charge on any atom is 0.0426 e. The van der Waals surface area contributed by atoms with Crippen molar-refractivity contribution in [2.75, 3.05) is 19.6 Å². The summed E-state index contributed by atoms with van der Waals surface area (Å²) < 4.78 is 0. The molecule has 18 heavy (non-hydrogen) atoms. The number of piperidine rings is 1. The van der Waals surface area contributed by atoms with Gasteiger partial charge in [0.1, 0.15) is 0 Å². The number of aryl methyl sites for hydroxylation is 1. The first-order valence-corrected chi connectivity index (χ1v) is 7.24. The van der Waals surface area contributed by atoms with Gasteiger partial charge in [-0.2, -0.15) is 0 Å². The van der Waals surface area contributed by atoms with E-state index in [4.69, 9.17) is 5.73 Å². The van der Waals surface area contributed by atoms with Crippen molar-refractivity contribution in [1.29, 1.82) is 0 Å². The van der Waals surface area contributed by atoms with Crippen molar-refractivity contribution in [3.05, 3.63) is 35.4 Å². The Balaban J connectivity index is 1.89. The van der Waals surface area contributed by atoms with E-state index in [1.54, 1.807) is 0 Å². The van der Waals surface area contributed by atoms with Crippen LogP contribution < -0.4 is 5.73 Å². The monoisotopic (exact) mass is 246 g/mol. The zero-order valence-corrected chi connectivity index (χ0v) is 11.7. The van der Waals surface area contributed by atoms with Crippen molar-refractivity contribution in [1.82, 2.24) is 4.90 Å². The molecule has 0 aromatic heterocycles. The summed E-state index contributed by atoms with van der Waals surface area (Å²) in [7, 11) is 0. The Bertz CT molecular complexity index is 367. The van der Waals surface area contributed by atoms with Crippen LogP contribution in [0.5, 0.6) is 0 Å². The summed E-state index contributed by atoms with van der Waals surface area (Å²) in [5, 5.41) is 0. The van der Waals surface area contributed by atoms with Crippen LogP contribution in [0, 0.1) is 12.8 Å². The highest BCUT2D eigenvalue weighted by atomic mass is 15.1. The molecule has 1 heterocycles. The molecule has 1 unspecified atom stereocenters. The van der Waals surface area contributed by atoms with Crippen molar-refractivity contribution in [3.63, 3.8) is 0 Å². The third-order valence-electron chi connectivity index (χ3n) is 4.33. The van der Waals surface area contributed by atoms with E-state index in [9.17, 15) is 0 Å². The standard InChI is InChI=1S/C16H26N2/c1-3-14-8-10-18(11-9-14)12-16(17)15-7-5-4-6-13(15)2/h4-7,14,16H,3,8-12,17H2,1-2H3. The van der Waals surface area contributed by atoms with E-state index in [-0.39, 0.29) is 6.04 Å². The van der Waals surface area contributed by atoms with Crippen LogP contribution in [0.4, 0.5) is 0 Å². The molecule has 2 N–H and O–H groups in total. The van der Waals surface area contributed by atoms with Gasteiger partial charge in [-0.05, 0) is 49.9 Å². The van der Waals surface area contributed by atoms with E-state index >= 15 is 0 Å². The van der Waals surface area contributed by atoms with Crippen molar-refractivity contribution in [2.45, 2.75) is 39.2 Å². The molecular formula is C16H26N2. The molecule has 0 amide bonds. The van der Waals surface area contributed by atoms with Gasteiger partial charge in [0, 0.05) is 12.6 Å². The third kappa shape index (κ3) is 3.33. The SMILES string of the molecule is CCC1CCN(CC(N)c2ccccc2C)CC1. The second-order valence-corrected chi connectivity index (χ2v) is 5.62. The summed E-state index contributed by atoms with van der Waals surface area (Å²) in [5.41, 5.74) is 8.97. The average Bonchev–Trinajstić information content (AvgIpc) is 2.40. The van der Waals surface area contributed by atoms with E-state index in [1.807, 2.05) is 0 Å². The molecule has 0 aliphatic carbocycles. The van der Waals surface area contributed by atoms with E-state index < -0.39 is 0 Å². The summed E-state index contributed by atoms with van der Waals surface area (Å²) in [6, 6.07) is 8.64. The van der Waals surface area contributed by atoms with Gasteiger partial charge >= 0.3 is 0 Å². The molecule has 2 heteroatoms. The zero-order valence-electron chi connectivity index (χ0n) is 11.7. The molecule has 0 radical (unpaired) electrons. The molecule has 1 aromatic rings. The van der Waals surface area contributed by atoms with Crippen molar-refractivity contribution in [2.24, 2.45) is 11.7 Å². The Hall–Kier alpha value is -0.860. The van der Waals surface area contributed by atoms with Crippen LogP contribution in [0.2, 0.25) is 0 Å². The van der Waals surface area contributed by atoms with Gasteiger partial charge in [0.05, 0.1) is 0 Å². The molecule has 1 aromatic carbocycles. The van der Waals surface area contributed by atoms with Crippen LogP contribution in [0.3, 0.4) is 0 Å². The number of rotatable bonds is 4. The summed E-state index contributed by atoms with van der Waals surface area (Å²) in [6.07, 6.45) is 4.02. The quantitative estimate of drug-likeness (QED) is 0.884. The van der Waals surface area contributed by atoms with Gasteiger partial charge in [-0.25, -0.2) is 0 Å². The Morgan fingerprint density at radius 2 is 1.94 bits per heavy atom. The van der Waals surface area contributed by atoms with Crippen molar-refractivity contribution in [3.8, 4) is 0 Å². The van der Waals surface area contributed by atoms with Crippen LogP contribution in [0.1, 0.15) is 43.4 Å². The minimum atomic E-state index is 0.157. The first-order valence-electron chi connectivity index (χ1n) is 7.24. The minimum Gasteiger partial charge on any atom is -0.323 e. The predicted molar refractivity (Wildman–Crippen MR) is 77.6 cm³/mol. The predicted octanol–water partition coefficient (Wildman–Crippen LogP) is 3.12. The molecule has 2 rings (SSSR count). The maximum absolute atomic E-state index is 6.35. The van der Waals surface area contributed by atoms with E-state index in [0.29, 0.717) is 0 Å². The lowest BCUT2D eigenvalue weighted by Gasteiger charge is -2.33. The third-order valence-corrected chi connectivity index (χ3v) is 4.33.